The lowest BCUT2D eigenvalue weighted by Gasteiger charge is -2.25. The SMILES string of the molecule is Cc1ccc(/C(O)=C2/C(=O)C(=O)N(CCCO)C2c2ccc(F)cc2)cc1. The van der Waals surface area contributed by atoms with Gasteiger partial charge in [-0.3, -0.25) is 9.59 Å². The zero-order valence-corrected chi connectivity index (χ0v) is 14.9. The summed E-state index contributed by atoms with van der Waals surface area (Å²) in [5.41, 5.74) is 1.90. The first-order valence-corrected chi connectivity index (χ1v) is 8.66. The van der Waals surface area contributed by atoms with Crippen molar-refractivity contribution >= 4 is 17.4 Å². The Balaban J connectivity index is 2.14. The number of ketones is 1. The van der Waals surface area contributed by atoms with Crippen LogP contribution in [-0.2, 0) is 9.59 Å². The summed E-state index contributed by atoms with van der Waals surface area (Å²) in [6, 6.07) is 11.6. The van der Waals surface area contributed by atoms with E-state index < -0.39 is 23.5 Å². The van der Waals surface area contributed by atoms with Crippen molar-refractivity contribution in [2.75, 3.05) is 13.2 Å². The molecule has 1 atom stereocenters. The Bertz CT molecular complexity index is 887. The van der Waals surface area contributed by atoms with Gasteiger partial charge in [0.25, 0.3) is 11.7 Å². The lowest BCUT2D eigenvalue weighted by atomic mass is 9.95. The van der Waals surface area contributed by atoms with Gasteiger partial charge in [0.1, 0.15) is 11.6 Å². The van der Waals surface area contributed by atoms with E-state index in [0.29, 0.717) is 11.1 Å². The van der Waals surface area contributed by atoms with E-state index in [-0.39, 0.29) is 30.9 Å². The summed E-state index contributed by atoms with van der Waals surface area (Å²) >= 11 is 0. The first-order chi connectivity index (χ1) is 12.9. The largest absolute Gasteiger partial charge is 0.507 e. The Morgan fingerprint density at radius 3 is 2.30 bits per heavy atom. The molecule has 140 valence electrons. The molecule has 0 radical (unpaired) electrons. The van der Waals surface area contributed by atoms with Gasteiger partial charge in [0, 0.05) is 18.7 Å². The number of carbonyl (C=O) groups excluding carboxylic acids is 2. The molecule has 0 spiro atoms. The van der Waals surface area contributed by atoms with Crippen molar-refractivity contribution in [3.05, 3.63) is 76.6 Å². The molecule has 0 aromatic heterocycles. The molecule has 0 aliphatic carbocycles. The highest BCUT2D eigenvalue weighted by atomic mass is 19.1. The Morgan fingerprint density at radius 1 is 1.07 bits per heavy atom. The maximum Gasteiger partial charge on any atom is 0.295 e. The molecule has 1 heterocycles. The molecule has 2 aromatic carbocycles. The molecule has 27 heavy (non-hydrogen) atoms. The van der Waals surface area contributed by atoms with Gasteiger partial charge in [-0.05, 0) is 31.0 Å². The number of aryl methyl sites for hydroxylation is 1. The summed E-state index contributed by atoms with van der Waals surface area (Å²) < 4.78 is 13.3. The van der Waals surface area contributed by atoms with Crippen molar-refractivity contribution in [1.82, 2.24) is 4.90 Å². The number of likely N-dealkylation sites (tertiary alicyclic amines) is 1. The second-order valence-corrected chi connectivity index (χ2v) is 6.49. The molecule has 1 unspecified atom stereocenters. The van der Waals surface area contributed by atoms with Gasteiger partial charge in [-0.2, -0.15) is 0 Å². The average Bonchev–Trinajstić information content (AvgIpc) is 2.91. The molecule has 1 aliphatic rings. The Labute approximate surface area is 156 Å². The standard InChI is InChI=1S/C21H20FNO4/c1-13-3-5-15(6-4-13)19(25)17-18(14-7-9-16(22)10-8-14)23(11-2-12-24)21(27)20(17)26/h3-10,18,24-25H,2,11-12H2,1H3/b19-17-. The van der Waals surface area contributed by atoms with E-state index in [1.807, 2.05) is 6.92 Å². The van der Waals surface area contributed by atoms with E-state index in [2.05, 4.69) is 0 Å². The Kier molecular flexibility index (Phi) is 5.37. The number of nitrogens with zero attached hydrogens (tertiary/aromatic N) is 1. The van der Waals surface area contributed by atoms with Crippen molar-refractivity contribution in [3.63, 3.8) is 0 Å². The van der Waals surface area contributed by atoms with Crippen LogP contribution in [-0.4, -0.2) is 40.0 Å². The Morgan fingerprint density at radius 2 is 1.70 bits per heavy atom. The van der Waals surface area contributed by atoms with E-state index >= 15 is 0 Å². The average molecular weight is 369 g/mol. The van der Waals surface area contributed by atoms with Crippen LogP contribution in [0, 0.1) is 12.7 Å². The summed E-state index contributed by atoms with van der Waals surface area (Å²) in [7, 11) is 0. The fourth-order valence-corrected chi connectivity index (χ4v) is 3.21. The summed E-state index contributed by atoms with van der Waals surface area (Å²) in [6.45, 7) is 1.90. The first-order valence-electron chi connectivity index (χ1n) is 8.66. The topological polar surface area (TPSA) is 77.8 Å². The maximum atomic E-state index is 13.3. The summed E-state index contributed by atoms with van der Waals surface area (Å²) in [6.07, 6.45) is 0.287. The van der Waals surface area contributed by atoms with Crippen LogP contribution < -0.4 is 0 Å². The van der Waals surface area contributed by atoms with Gasteiger partial charge in [0.2, 0.25) is 0 Å². The van der Waals surface area contributed by atoms with Crippen LogP contribution in [0.2, 0.25) is 0 Å². The lowest BCUT2D eigenvalue weighted by molar-refractivity contribution is -0.140. The fourth-order valence-electron chi connectivity index (χ4n) is 3.21. The molecule has 3 rings (SSSR count). The van der Waals surface area contributed by atoms with E-state index in [1.54, 1.807) is 24.3 Å². The lowest BCUT2D eigenvalue weighted by Crippen LogP contribution is -2.31. The number of rotatable bonds is 5. The number of hydrogen-bond acceptors (Lipinski definition) is 4. The second kappa shape index (κ2) is 7.72. The maximum absolute atomic E-state index is 13.3. The first kappa shape index (κ1) is 18.8. The van der Waals surface area contributed by atoms with Gasteiger partial charge in [-0.1, -0.05) is 42.0 Å². The van der Waals surface area contributed by atoms with Crippen LogP contribution in [0.4, 0.5) is 4.39 Å². The van der Waals surface area contributed by atoms with E-state index in [0.717, 1.165) is 5.56 Å². The molecule has 1 saturated heterocycles. The van der Waals surface area contributed by atoms with E-state index in [1.165, 1.54) is 29.2 Å². The fraction of sp³-hybridized carbons (Fsp3) is 0.238. The highest BCUT2D eigenvalue weighted by Gasteiger charge is 2.45. The van der Waals surface area contributed by atoms with Crippen LogP contribution in [0.3, 0.4) is 0 Å². The van der Waals surface area contributed by atoms with Crippen LogP contribution in [0.1, 0.15) is 29.2 Å². The third kappa shape index (κ3) is 3.61. The van der Waals surface area contributed by atoms with Gasteiger partial charge in [-0.25, -0.2) is 4.39 Å². The molecule has 6 heteroatoms. The minimum absolute atomic E-state index is 0.0339. The van der Waals surface area contributed by atoms with E-state index in [4.69, 9.17) is 5.11 Å². The van der Waals surface area contributed by atoms with Gasteiger partial charge < -0.3 is 15.1 Å². The number of benzene rings is 2. The van der Waals surface area contributed by atoms with Gasteiger partial charge in [0.05, 0.1) is 11.6 Å². The van der Waals surface area contributed by atoms with Crippen molar-refractivity contribution in [1.29, 1.82) is 0 Å². The summed E-state index contributed by atoms with van der Waals surface area (Å²) in [4.78, 5) is 26.5. The molecule has 1 fully saturated rings. The molecule has 1 amide bonds. The number of hydrogen-bond donors (Lipinski definition) is 2. The van der Waals surface area contributed by atoms with Gasteiger partial charge >= 0.3 is 0 Å². The van der Waals surface area contributed by atoms with Crippen molar-refractivity contribution in [2.24, 2.45) is 0 Å². The second-order valence-electron chi connectivity index (χ2n) is 6.49. The molecule has 1 aliphatic heterocycles. The quantitative estimate of drug-likeness (QED) is 0.483. The monoisotopic (exact) mass is 369 g/mol. The van der Waals surface area contributed by atoms with Crippen LogP contribution in [0.15, 0.2) is 54.1 Å². The zero-order chi connectivity index (χ0) is 19.6. The molecule has 2 N–H and O–H groups in total. The van der Waals surface area contributed by atoms with Crippen molar-refractivity contribution in [3.8, 4) is 0 Å². The predicted molar refractivity (Wildman–Crippen MR) is 98.3 cm³/mol. The summed E-state index contributed by atoms with van der Waals surface area (Å²) in [5.74, 6) is -2.24. The molecule has 2 aromatic rings. The van der Waals surface area contributed by atoms with Crippen LogP contribution in [0.5, 0.6) is 0 Å². The zero-order valence-electron chi connectivity index (χ0n) is 14.9. The molecular weight excluding hydrogens is 349 g/mol. The third-order valence-corrected chi connectivity index (χ3v) is 4.61. The number of aliphatic hydroxyl groups excluding tert-OH is 2. The molecular formula is C21H20FNO4. The molecule has 0 saturated carbocycles. The Hall–Kier alpha value is -2.99. The van der Waals surface area contributed by atoms with Crippen molar-refractivity contribution < 1.29 is 24.2 Å². The number of amides is 1. The minimum atomic E-state index is -0.835. The van der Waals surface area contributed by atoms with Crippen LogP contribution in [0.25, 0.3) is 5.76 Å². The molecule has 5 nitrogen and oxygen atoms in total. The third-order valence-electron chi connectivity index (χ3n) is 4.61. The van der Waals surface area contributed by atoms with Crippen molar-refractivity contribution in [2.45, 2.75) is 19.4 Å². The van der Waals surface area contributed by atoms with Gasteiger partial charge in [0.15, 0.2) is 0 Å². The normalized spacial score (nSPS) is 18.9. The molecule has 0 bridgehead atoms. The van der Waals surface area contributed by atoms with Gasteiger partial charge in [-0.15, -0.1) is 0 Å². The number of Topliss-reactive ketones (excluding diaryl/α,β-unsaturated/α-hetero) is 1. The number of aliphatic hydroxyl groups is 2. The van der Waals surface area contributed by atoms with Crippen LogP contribution >= 0.6 is 0 Å². The number of carbonyl (C=O) groups is 2. The summed E-state index contributed by atoms with van der Waals surface area (Å²) in [5, 5.41) is 19.9. The minimum Gasteiger partial charge on any atom is -0.507 e. The highest BCUT2D eigenvalue weighted by molar-refractivity contribution is 6.46. The highest BCUT2D eigenvalue weighted by Crippen LogP contribution is 2.39. The van der Waals surface area contributed by atoms with E-state index in [9.17, 15) is 19.1 Å². The predicted octanol–water partition coefficient (Wildman–Crippen LogP) is 2.94. The smallest absolute Gasteiger partial charge is 0.295 e. The number of halogens is 1.